The van der Waals surface area contributed by atoms with E-state index in [9.17, 15) is 14.9 Å². The van der Waals surface area contributed by atoms with E-state index in [4.69, 9.17) is 9.15 Å². The number of aryl methyl sites for hydroxylation is 1. The number of amides is 1. The molecule has 2 aromatic heterocycles. The van der Waals surface area contributed by atoms with Crippen molar-refractivity contribution < 1.29 is 18.9 Å². The zero-order valence-corrected chi connectivity index (χ0v) is 23.3. The number of fused-ring (bicyclic) bond motifs is 3. The van der Waals surface area contributed by atoms with E-state index in [-0.39, 0.29) is 17.5 Å². The van der Waals surface area contributed by atoms with Crippen molar-refractivity contribution in [2.75, 3.05) is 10.7 Å². The number of rotatable bonds is 9. The van der Waals surface area contributed by atoms with E-state index in [1.807, 2.05) is 24.3 Å². The number of nitrogens with zero attached hydrogens (tertiary/aromatic N) is 5. The molecule has 0 bridgehead atoms. The van der Waals surface area contributed by atoms with E-state index in [1.54, 1.807) is 25.1 Å². The largest absolute Gasteiger partial charge is 0.455 e. The Morgan fingerprint density at radius 3 is 2.65 bits per heavy atom. The fourth-order valence-corrected chi connectivity index (χ4v) is 5.44. The second-order valence-electron chi connectivity index (χ2n) is 9.49. The van der Waals surface area contributed by atoms with Crippen molar-refractivity contribution in [1.29, 1.82) is 0 Å². The molecule has 1 atom stereocenters. The Balaban J connectivity index is 1.53. The number of unbranched alkanes of at least 4 members (excludes halogenated alkanes) is 3. The molecule has 1 aliphatic rings. The maximum absolute atomic E-state index is 13.1. The second-order valence-corrected chi connectivity index (χ2v) is 10.6. The van der Waals surface area contributed by atoms with E-state index in [0.29, 0.717) is 44.7 Å². The molecule has 1 amide bonds. The van der Waals surface area contributed by atoms with Crippen molar-refractivity contribution in [3.8, 4) is 28.5 Å². The van der Waals surface area contributed by atoms with Gasteiger partial charge in [0, 0.05) is 35.9 Å². The fraction of sp³-hybridized carbons (Fsp3) is 0.310. The summed E-state index contributed by atoms with van der Waals surface area (Å²) in [4.78, 5) is 30.0. The molecule has 40 heavy (non-hydrogen) atoms. The number of carbonyl (C=O) groups is 1. The van der Waals surface area contributed by atoms with Crippen molar-refractivity contribution in [2.45, 2.75) is 57.8 Å². The highest BCUT2D eigenvalue weighted by atomic mass is 32.2. The minimum absolute atomic E-state index is 0.00215. The molecule has 4 aromatic rings. The normalized spacial score (nSPS) is 14.2. The minimum Gasteiger partial charge on any atom is -0.455 e. The number of para-hydroxylation sites is 1. The van der Waals surface area contributed by atoms with Crippen molar-refractivity contribution in [1.82, 2.24) is 15.2 Å². The summed E-state index contributed by atoms with van der Waals surface area (Å²) in [6.07, 6.45) is 3.60. The van der Waals surface area contributed by atoms with E-state index < -0.39 is 11.2 Å². The SMILES string of the molecule is CCCCCCSc1nnc2c(n1)OC(c1ccc(-c3ccc([N+](=O)[O-])cc3C)o1)N(C(C)=O)c1ccccc1-2. The minimum atomic E-state index is -0.967. The molecule has 3 heterocycles. The van der Waals surface area contributed by atoms with Crippen LogP contribution in [0.1, 0.15) is 57.1 Å². The Morgan fingerprint density at radius 2 is 1.90 bits per heavy atom. The van der Waals surface area contributed by atoms with Crippen LogP contribution in [-0.4, -0.2) is 31.8 Å². The number of nitro groups is 1. The van der Waals surface area contributed by atoms with Gasteiger partial charge in [0.05, 0.1) is 10.6 Å². The molecule has 10 nitrogen and oxygen atoms in total. The van der Waals surface area contributed by atoms with Gasteiger partial charge in [0.15, 0.2) is 11.5 Å². The first-order valence-electron chi connectivity index (χ1n) is 13.2. The maximum Gasteiger partial charge on any atom is 0.269 e. The molecule has 206 valence electrons. The number of nitro benzene ring substituents is 1. The van der Waals surface area contributed by atoms with Crippen LogP contribution in [0.25, 0.3) is 22.6 Å². The predicted molar refractivity (Wildman–Crippen MR) is 152 cm³/mol. The average Bonchev–Trinajstić information content (AvgIpc) is 3.37. The van der Waals surface area contributed by atoms with E-state index in [0.717, 1.165) is 18.6 Å². The number of furan rings is 1. The van der Waals surface area contributed by atoms with Crippen LogP contribution in [0.3, 0.4) is 0 Å². The van der Waals surface area contributed by atoms with Gasteiger partial charge in [-0.1, -0.05) is 56.1 Å². The molecule has 0 spiro atoms. The molecule has 0 saturated carbocycles. The molecular formula is C29H29N5O5S. The molecule has 5 rings (SSSR count). The summed E-state index contributed by atoms with van der Waals surface area (Å²) >= 11 is 1.53. The van der Waals surface area contributed by atoms with Crippen LogP contribution in [0.15, 0.2) is 64.2 Å². The summed E-state index contributed by atoms with van der Waals surface area (Å²) in [6.45, 7) is 5.42. The zero-order valence-electron chi connectivity index (χ0n) is 22.5. The summed E-state index contributed by atoms with van der Waals surface area (Å²) in [5, 5.41) is 20.5. The van der Waals surface area contributed by atoms with Gasteiger partial charge < -0.3 is 9.15 Å². The van der Waals surface area contributed by atoms with Crippen LogP contribution in [0, 0.1) is 17.0 Å². The molecule has 1 unspecified atom stereocenters. The quantitative estimate of drug-likeness (QED) is 0.0911. The van der Waals surface area contributed by atoms with Crippen LogP contribution in [-0.2, 0) is 4.79 Å². The highest BCUT2D eigenvalue weighted by Crippen LogP contribution is 2.44. The number of hydrogen-bond donors (Lipinski definition) is 0. The Kier molecular flexibility index (Phi) is 8.11. The number of aromatic nitrogens is 3. The molecular weight excluding hydrogens is 530 g/mol. The van der Waals surface area contributed by atoms with Gasteiger partial charge in [-0.2, -0.15) is 4.98 Å². The Hall–Kier alpha value is -4.25. The topological polar surface area (TPSA) is 124 Å². The van der Waals surface area contributed by atoms with Gasteiger partial charge in [-0.15, -0.1) is 10.2 Å². The van der Waals surface area contributed by atoms with Gasteiger partial charge in [0.1, 0.15) is 5.76 Å². The fourth-order valence-electron chi connectivity index (χ4n) is 4.66. The first kappa shape index (κ1) is 27.3. The predicted octanol–water partition coefficient (Wildman–Crippen LogP) is 7.13. The number of non-ortho nitro benzene ring substituents is 1. The van der Waals surface area contributed by atoms with Gasteiger partial charge in [0.25, 0.3) is 5.69 Å². The molecule has 11 heteroatoms. The Morgan fingerprint density at radius 1 is 1.07 bits per heavy atom. The molecule has 0 saturated heterocycles. The Labute approximate surface area is 235 Å². The standard InChI is InChI=1S/C29H29N5O5S/c1-4-5-6-9-16-40-29-30-27-26(31-32-29)22-10-7-8-11-23(22)33(19(3)35)28(39-27)25-15-14-24(38-25)21-13-12-20(34(36)37)17-18(21)2/h7-8,10-15,17,28H,4-6,9,16H2,1-3H3. The van der Waals surface area contributed by atoms with Crippen molar-refractivity contribution in [2.24, 2.45) is 0 Å². The van der Waals surface area contributed by atoms with Gasteiger partial charge in [-0.05, 0) is 43.2 Å². The number of anilines is 1. The summed E-state index contributed by atoms with van der Waals surface area (Å²) < 4.78 is 12.6. The van der Waals surface area contributed by atoms with Crippen LogP contribution < -0.4 is 9.64 Å². The third-order valence-electron chi connectivity index (χ3n) is 6.64. The molecule has 2 aromatic carbocycles. The molecule has 0 radical (unpaired) electrons. The van der Waals surface area contributed by atoms with Crippen molar-refractivity contribution in [3.63, 3.8) is 0 Å². The van der Waals surface area contributed by atoms with E-state index >= 15 is 0 Å². The number of hydrogen-bond acceptors (Lipinski definition) is 9. The molecule has 0 aliphatic carbocycles. The van der Waals surface area contributed by atoms with Crippen molar-refractivity contribution in [3.05, 3.63) is 76.0 Å². The van der Waals surface area contributed by atoms with Gasteiger partial charge >= 0.3 is 0 Å². The lowest BCUT2D eigenvalue weighted by molar-refractivity contribution is -0.384. The van der Waals surface area contributed by atoms with Gasteiger partial charge in [-0.25, -0.2) is 0 Å². The van der Waals surface area contributed by atoms with E-state index in [2.05, 4.69) is 22.1 Å². The third kappa shape index (κ3) is 5.55. The number of ether oxygens (including phenoxy) is 1. The molecule has 0 fully saturated rings. The van der Waals surface area contributed by atoms with Gasteiger partial charge in [-0.3, -0.25) is 19.8 Å². The maximum atomic E-state index is 13.1. The van der Waals surface area contributed by atoms with Crippen molar-refractivity contribution >= 4 is 29.0 Å². The highest BCUT2D eigenvalue weighted by molar-refractivity contribution is 7.99. The van der Waals surface area contributed by atoms with E-state index in [1.165, 1.54) is 48.6 Å². The summed E-state index contributed by atoms with van der Waals surface area (Å²) in [7, 11) is 0. The second kappa shape index (κ2) is 11.9. The number of carbonyl (C=O) groups excluding carboxylic acids is 1. The van der Waals surface area contributed by atoms with Gasteiger partial charge in [0.2, 0.25) is 23.2 Å². The monoisotopic (exact) mass is 559 g/mol. The lowest BCUT2D eigenvalue weighted by atomic mass is 10.1. The van der Waals surface area contributed by atoms with Crippen LogP contribution in [0.5, 0.6) is 5.88 Å². The van der Waals surface area contributed by atoms with Crippen LogP contribution in [0.2, 0.25) is 0 Å². The summed E-state index contributed by atoms with van der Waals surface area (Å²) in [5.74, 6) is 1.75. The number of thioether (sulfide) groups is 1. The first-order valence-corrected chi connectivity index (χ1v) is 14.1. The zero-order chi connectivity index (χ0) is 28.2. The third-order valence-corrected chi connectivity index (χ3v) is 7.56. The lowest BCUT2D eigenvalue weighted by Gasteiger charge is -2.28. The number of benzene rings is 2. The first-order chi connectivity index (χ1) is 19.4. The molecule has 0 N–H and O–H groups in total. The summed E-state index contributed by atoms with van der Waals surface area (Å²) in [6, 6.07) is 15.5. The van der Waals surface area contributed by atoms with Crippen LogP contribution in [0.4, 0.5) is 11.4 Å². The lowest BCUT2D eigenvalue weighted by Crippen LogP contribution is -2.35. The Bertz CT molecular complexity index is 1560. The summed E-state index contributed by atoms with van der Waals surface area (Å²) in [5.41, 5.74) is 3.10. The smallest absolute Gasteiger partial charge is 0.269 e. The molecule has 1 aliphatic heterocycles. The van der Waals surface area contributed by atoms with Crippen LogP contribution >= 0.6 is 11.8 Å². The highest BCUT2D eigenvalue weighted by Gasteiger charge is 2.36. The average molecular weight is 560 g/mol.